The van der Waals surface area contributed by atoms with Gasteiger partial charge in [-0.05, 0) is 48.0 Å². The largest absolute Gasteiger partial charge is 0.497 e. The van der Waals surface area contributed by atoms with Gasteiger partial charge in [0.1, 0.15) is 11.4 Å². The van der Waals surface area contributed by atoms with E-state index in [-0.39, 0.29) is 12.5 Å². The molecule has 0 saturated heterocycles. The fourth-order valence-electron chi connectivity index (χ4n) is 2.28. The molecule has 0 aromatic heterocycles. The van der Waals surface area contributed by atoms with Crippen LogP contribution in [0.2, 0.25) is 0 Å². The van der Waals surface area contributed by atoms with E-state index >= 15 is 0 Å². The van der Waals surface area contributed by atoms with Gasteiger partial charge in [-0.3, -0.25) is 9.59 Å². The molecular weight excluding hydrogens is 324 g/mol. The van der Waals surface area contributed by atoms with Crippen molar-refractivity contribution in [2.75, 3.05) is 13.9 Å². The summed E-state index contributed by atoms with van der Waals surface area (Å²) in [6.45, 7) is 0.152. The number of carbonyl (C=O) groups excluding carboxylic acids is 2. The zero-order chi connectivity index (χ0) is 17.8. The number of methoxy groups -OCH3 is 1. The van der Waals surface area contributed by atoms with E-state index in [0.29, 0.717) is 28.4 Å². The summed E-state index contributed by atoms with van der Waals surface area (Å²) in [6, 6.07) is 11.6. The molecule has 0 saturated carbocycles. The number of amides is 2. The van der Waals surface area contributed by atoms with E-state index in [1.165, 1.54) is 13.2 Å². The van der Waals surface area contributed by atoms with Gasteiger partial charge in [-0.1, -0.05) is 6.07 Å². The third-order valence-corrected chi connectivity index (χ3v) is 3.57. The van der Waals surface area contributed by atoms with Crippen LogP contribution in [-0.2, 0) is 4.79 Å². The molecule has 0 spiro atoms. The van der Waals surface area contributed by atoms with Crippen LogP contribution in [0.15, 0.2) is 48.2 Å². The van der Waals surface area contributed by atoms with Gasteiger partial charge in [0.2, 0.25) is 6.79 Å². The van der Waals surface area contributed by atoms with E-state index in [0.717, 1.165) is 0 Å². The third-order valence-electron chi connectivity index (χ3n) is 3.57. The Hall–Kier alpha value is -3.48. The molecule has 0 atom stereocenters. The van der Waals surface area contributed by atoms with Crippen molar-refractivity contribution in [3.05, 3.63) is 59.3 Å². The molecule has 3 N–H and O–H groups in total. The minimum absolute atomic E-state index is 0.0281. The maximum absolute atomic E-state index is 12.3. The molecule has 0 fully saturated rings. The van der Waals surface area contributed by atoms with Crippen LogP contribution >= 0.6 is 0 Å². The smallest absolute Gasteiger partial charge is 0.265 e. The van der Waals surface area contributed by atoms with Crippen LogP contribution in [0.25, 0.3) is 6.08 Å². The maximum Gasteiger partial charge on any atom is 0.265 e. The first-order valence-corrected chi connectivity index (χ1v) is 7.43. The van der Waals surface area contributed by atoms with Gasteiger partial charge in [0.25, 0.3) is 11.8 Å². The highest BCUT2D eigenvalue weighted by Crippen LogP contribution is 2.33. The number of nitrogens with two attached hydrogens (primary N) is 1. The number of nitrogens with one attached hydrogen (secondary N) is 1. The average Bonchev–Trinajstić information content (AvgIpc) is 3.08. The summed E-state index contributed by atoms with van der Waals surface area (Å²) in [5.74, 6) is 0.620. The van der Waals surface area contributed by atoms with Gasteiger partial charge in [0, 0.05) is 5.56 Å². The zero-order valence-electron chi connectivity index (χ0n) is 13.4. The summed E-state index contributed by atoms with van der Waals surface area (Å²) in [5, 5.41) is 2.52. The van der Waals surface area contributed by atoms with Crippen LogP contribution in [0, 0.1) is 0 Å². The van der Waals surface area contributed by atoms with E-state index in [1.807, 2.05) is 0 Å². The molecule has 3 rings (SSSR count). The number of hydrogen-bond donors (Lipinski definition) is 2. The fraction of sp³-hybridized carbons (Fsp3) is 0.111. The second-order valence-corrected chi connectivity index (χ2v) is 5.22. The number of rotatable bonds is 5. The van der Waals surface area contributed by atoms with Crippen LogP contribution in [0.5, 0.6) is 17.2 Å². The molecule has 2 aromatic carbocycles. The van der Waals surface area contributed by atoms with Gasteiger partial charge >= 0.3 is 0 Å². The van der Waals surface area contributed by atoms with Crippen molar-refractivity contribution in [2.24, 2.45) is 5.73 Å². The average molecular weight is 340 g/mol. The zero-order valence-corrected chi connectivity index (χ0v) is 13.4. The summed E-state index contributed by atoms with van der Waals surface area (Å²) in [5.41, 5.74) is 6.36. The van der Waals surface area contributed by atoms with E-state index in [9.17, 15) is 9.59 Å². The molecule has 0 aliphatic carbocycles. The number of benzene rings is 2. The predicted octanol–water partition coefficient (Wildman–Crippen LogP) is 1.68. The van der Waals surface area contributed by atoms with Crippen molar-refractivity contribution in [2.45, 2.75) is 0 Å². The molecule has 128 valence electrons. The minimum Gasteiger partial charge on any atom is -0.497 e. The van der Waals surface area contributed by atoms with E-state index in [4.69, 9.17) is 19.9 Å². The Kier molecular flexibility index (Phi) is 4.56. The Balaban J connectivity index is 1.80. The maximum atomic E-state index is 12.3. The molecule has 2 aromatic rings. The van der Waals surface area contributed by atoms with Crippen molar-refractivity contribution in [3.63, 3.8) is 0 Å². The molecule has 0 bridgehead atoms. The van der Waals surface area contributed by atoms with E-state index in [1.54, 1.807) is 42.5 Å². The van der Waals surface area contributed by atoms with Crippen LogP contribution < -0.4 is 25.3 Å². The van der Waals surface area contributed by atoms with Crippen LogP contribution in [0.3, 0.4) is 0 Å². The number of carbonyl (C=O) groups is 2. The monoisotopic (exact) mass is 340 g/mol. The first kappa shape index (κ1) is 16.4. The molecule has 7 heteroatoms. The van der Waals surface area contributed by atoms with Crippen LogP contribution in [0.1, 0.15) is 15.9 Å². The summed E-state index contributed by atoms with van der Waals surface area (Å²) >= 11 is 0. The van der Waals surface area contributed by atoms with E-state index in [2.05, 4.69) is 5.32 Å². The lowest BCUT2D eigenvalue weighted by molar-refractivity contribution is -0.114. The van der Waals surface area contributed by atoms with Gasteiger partial charge in [-0.2, -0.15) is 0 Å². The predicted molar refractivity (Wildman–Crippen MR) is 90.2 cm³/mol. The standard InChI is InChI=1S/C18H16N2O5/c1-23-13-5-3-12(4-6-13)18(22)20-14(17(19)21)8-11-2-7-15-16(9-11)25-10-24-15/h2-9H,10H2,1H3,(H2,19,21)(H,20,22)/b14-8-. The number of ether oxygens (including phenoxy) is 3. The van der Waals surface area contributed by atoms with Gasteiger partial charge in [-0.15, -0.1) is 0 Å². The third kappa shape index (κ3) is 3.72. The molecule has 0 radical (unpaired) electrons. The van der Waals surface area contributed by atoms with E-state index < -0.39 is 11.8 Å². The first-order valence-electron chi connectivity index (χ1n) is 7.43. The lowest BCUT2D eigenvalue weighted by Crippen LogP contribution is -2.31. The number of fused-ring (bicyclic) bond motifs is 1. The Morgan fingerprint density at radius 3 is 2.52 bits per heavy atom. The SMILES string of the molecule is COc1ccc(C(=O)N/C(=C\c2ccc3c(c2)OCO3)C(N)=O)cc1. The normalized spacial score (nSPS) is 12.6. The molecule has 7 nitrogen and oxygen atoms in total. The second-order valence-electron chi connectivity index (χ2n) is 5.22. The van der Waals surface area contributed by atoms with Gasteiger partial charge in [0.15, 0.2) is 11.5 Å². The van der Waals surface area contributed by atoms with Gasteiger partial charge < -0.3 is 25.3 Å². The van der Waals surface area contributed by atoms with Crippen molar-refractivity contribution in [3.8, 4) is 17.2 Å². The second kappa shape index (κ2) is 6.96. The van der Waals surface area contributed by atoms with Crippen LogP contribution in [0.4, 0.5) is 0 Å². The molecular formula is C18H16N2O5. The van der Waals surface area contributed by atoms with Crippen molar-refractivity contribution in [1.29, 1.82) is 0 Å². The number of hydrogen-bond acceptors (Lipinski definition) is 5. The topological polar surface area (TPSA) is 99.9 Å². The minimum atomic E-state index is -0.750. The molecule has 2 amide bonds. The van der Waals surface area contributed by atoms with Gasteiger partial charge in [0.05, 0.1) is 7.11 Å². The molecule has 1 heterocycles. The lowest BCUT2D eigenvalue weighted by Gasteiger charge is -2.08. The van der Waals surface area contributed by atoms with Gasteiger partial charge in [-0.25, -0.2) is 0 Å². The Labute approximate surface area is 144 Å². The summed E-state index contributed by atoms with van der Waals surface area (Å²) < 4.78 is 15.6. The first-order chi connectivity index (χ1) is 12.1. The Morgan fingerprint density at radius 2 is 1.84 bits per heavy atom. The lowest BCUT2D eigenvalue weighted by atomic mass is 10.1. The van der Waals surface area contributed by atoms with Crippen LogP contribution in [-0.4, -0.2) is 25.7 Å². The number of primary amides is 1. The quantitative estimate of drug-likeness (QED) is 0.807. The highest BCUT2D eigenvalue weighted by molar-refractivity contribution is 6.04. The van der Waals surface area contributed by atoms with Crippen molar-refractivity contribution < 1.29 is 23.8 Å². The summed E-state index contributed by atoms with van der Waals surface area (Å²) in [7, 11) is 1.54. The molecule has 0 unspecified atom stereocenters. The summed E-state index contributed by atoms with van der Waals surface area (Å²) in [4.78, 5) is 24.0. The summed E-state index contributed by atoms with van der Waals surface area (Å²) in [6.07, 6.45) is 1.48. The Bertz CT molecular complexity index is 843. The van der Waals surface area contributed by atoms with Crippen molar-refractivity contribution in [1.82, 2.24) is 5.32 Å². The van der Waals surface area contributed by atoms with Crippen molar-refractivity contribution >= 4 is 17.9 Å². The highest BCUT2D eigenvalue weighted by Gasteiger charge is 2.15. The Morgan fingerprint density at radius 1 is 1.12 bits per heavy atom. The molecule has 1 aliphatic rings. The molecule has 25 heavy (non-hydrogen) atoms. The molecule has 1 aliphatic heterocycles. The fourth-order valence-corrected chi connectivity index (χ4v) is 2.28. The highest BCUT2D eigenvalue weighted by atomic mass is 16.7.